The van der Waals surface area contributed by atoms with E-state index in [-0.39, 0.29) is 29.6 Å². The number of amides is 2. The number of nitrogens with zero attached hydrogens (tertiary/aromatic N) is 2. The van der Waals surface area contributed by atoms with E-state index in [1.54, 1.807) is 4.90 Å². The van der Waals surface area contributed by atoms with Crippen LogP contribution in [0.5, 0.6) is 0 Å². The highest BCUT2D eigenvalue weighted by atomic mass is 32.1. The average Bonchev–Trinajstić information content (AvgIpc) is 3.45. The van der Waals surface area contributed by atoms with Crippen LogP contribution in [-0.2, 0) is 4.79 Å². The van der Waals surface area contributed by atoms with Crippen LogP contribution in [0.15, 0.2) is 47.8 Å². The van der Waals surface area contributed by atoms with Crippen LogP contribution in [0.1, 0.15) is 45.7 Å². The molecule has 1 aromatic heterocycles. The summed E-state index contributed by atoms with van der Waals surface area (Å²) in [5, 5.41) is 1.88. The minimum Gasteiger partial charge on any atom is -0.341 e. The van der Waals surface area contributed by atoms with Gasteiger partial charge in [-0.1, -0.05) is 36.4 Å². The summed E-state index contributed by atoms with van der Waals surface area (Å²) in [5.74, 6) is 0.134. The summed E-state index contributed by atoms with van der Waals surface area (Å²) in [6, 6.07) is 12.7. The average molecular weight is 397 g/mol. The summed E-state index contributed by atoms with van der Waals surface area (Å²) in [6.07, 6.45) is 2.95. The van der Waals surface area contributed by atoms with E-state index < -0.39 is 0 Å². The van der Waals surface area contributed by atoms with E-state index in [1.165, 1.54) is 11.3 Å². The van der Waals surface area contributed by atoms with Crippen LogP contribution in [-0.4, -0.2) is 53.1 Å². The number of thiophene rings is 1. The van der Waals surface area contributed by atoms with E-state index in [2.05, 4.69) is 0 Å². The molecule has 146 valence electrons. The molecule has 0 N–H and O–H groups in total. The maximum Gasteiger partial charge on any atom is 0.264 e. The van der Waals surface area contributed by atoms with E-state index in [4.69, 9.17) is 0 Å². The van der Waals surface area contributed by atoms with Gasteiger partial charge in [-0.2, -0.15) is 0 Å². The maximum absolute atomic E-state index is 13.1. The van der Waals surface area contributed by atoms with Crippen LogP contribution < -0.4 is 0 Å². The Morgan fingerprint density at radius 2 is 1.64 bits per heavy atom. The van der Waals surface area contributed by atoms with Crippen molar-refractivity contribution in [1.82, 2.24) is 9.80 Å². The van der Waals surface area contributed by atoms with Crippen molar-refractivity contribution in [1.29, 1.82) is 0 Å². The van der Waals surface area contributed by atoms with Gasteiger partial charge in [0.25, 0.3) is 5.91 Å². The van der Waals surface area contributed by atoms with Crippen LogP contribution in [0, 0.1) is 5.92 Å². The molecule has 2 aliphatic heterocycles. The van der Waals surface area contributed by atoms with Gasteiger partial charge >= 0.3 is 0 Å². The third-order valence-electron chi connectivity index (χ3n) is 5.77. The second-order valence-electron chi connectivity index (χ2n) is 7.46. The summed E-state index contributed by atoms with van der Waals surface area (Å²) >= 11 is 1.42. The molecule has 28 heavy (non-hydrogen) atoms. The van der Waals surface area contributed by atoms with E-state index in [0.29, 0.717) is 37.4 Å². The Kier molecular flexibility index (Phi) is 5.57. The summed E-state index contributed by atoms with van der Waals surface area (Å²) in [7, 11) is 0. The molecule has 0 saturated carbocycles. The van der Waals surface area contributed by atoms with Gasteiger partial charge in [0.2, 0.25) is 5.91 Å². The normalized spacial score (nSPS) is 20.4. The van der Waals surface area contributed by atoms with Crippen LogP contribution >= 0.6 is 11.3 Å². The van der Waals surface area contributed by atoms with Gasteiger partial charge in [-0.25, -0.2) is 0 Å². The molecule has 0 radical (unpaired) electrons. The molecule has 6 heteroatoms. The van der Waals surface area contributed by atoms with Crippen molar-refractivity contribution >= 4 is 28.9 Å². The maximum atomic E-state index is 13.1. The van der Waals surface area contributed by atoms with Crippen molar-refractivity contribution in [2.75, 3.05) is 19.6 Å². The van der Waals surface area contributed by atoms with Gasteiger partial charge in [-0.15, -0.1) is 11.3 Å². The number of carbonyl (C=O) groups excluding carboxylic acids is 3. The molecule has 0 spiro atoms. The van der Waals surface area contributed by atoms with E-state index >= 15 is 0 Å². The lowest BCUT2D eigenvalue weighted by Gasteiger charge is -2.35. The number of Topliss-reactive ketones (excluding diaryl/α,β-unsaturated/α-hetero) is 1. The Labute approximate surface area is 169 Å². The molecule has 4 rings (SSSR count). The smallest absolute Gasteiger partial charge is 0.264 e. The standard InChI is InChI=1S/C22H24N2O3S/c25-20(16-6-2-1-3-7-16)17-10-13-23(14-11-17)21(26)18-8-4-12-24(18)22(27)19-9-5-15-28-19/h1-3,5-7,9,15,17-18H,4,8,10-14H2/t18-/m0/s1. The molecule has 2 saturated heterocycles. The molecule has 0 unspecified atom stereocenters. The van der Waals surface area contributed by atoms with Crippen molar-refractivity contribution in [3.8, 4) is 0 Å². The monoisotopic (exact) mass is 396 g/mol. The molecule has 0 bridgehead atoms. The summed E-state index contributed by atoms with van der Waals surface area (Å²) in [5.41, 5.74) is 0.746. The molecule has 5 nitrogen and oxygen atoms in total. The van der Waals surface area contributed by atoms with Gasteiger partial charge in [0.15, 0.2) is 5.78 Å². The fraction of sp³-hybridized carbons (Fsp3) is 0.409. The lowest BCUT2D eigenvalue weighted by atomic mass is 9.88. The molecule has 2 amide bonds. The second kappa shape index (κ2) is 8.27. The van der Waals surface area contributed by atoms with Gasteiger partial charge in [0.05, 0.1) is 4.88 Å². The summed E-state index contributed by atoms with van der Waals surface area (Å²) < 4.78 is 0. The molecule has 2 fully saturated rings. The number of carbonyl (C=O) groups is 3. The first-order chi connectivity index (χ1) is 13.6. The zero-order valence-corrected chi connectivity index (χ0v) is 16.6. The summed E-state index contributed by atoms with van der Waals surface area (Å²) in [4.78, 5) is 42.7. The van der Waals surface area contributed by atoms with Crippen molar-refractivity contribution in [3.63, 3.8) is 0 Å². The number of ketones is 1. The molecule has 2 aliphatic rings. The Hall–Kier alpha value is -2.47. The largest absolute Gasteiger partial charge is 0.341 e. The quantitative estimate of drug-likeness (QED) is 0.744. The lowest BCUT2D eigenvalue weighted by Crippen LogP contribution is -2.50. The Morgan fingerprint density at radius 3 is 2.32 bits per heavy atom. The van der Waals surface area contributed by atoms with Gasteiger partial charge in [-0.05, 0) is 37.1 Å². The lowest BCUT2D eigenvalue weighted by molar-refractivity contribution is -0.136. The van der Waals surface area contributed by atoms with Gasteiger partial charge in [0, 0.05) is 31.1 Å². The Balaban J connectivity index is 1.37. The first-order valence-electron chi connectivity index (χ1n) is 9.87. The minimum absolute atomic E-state index is 0.0288. The van der Waals surface area contributed by atoms with Crippen molar-refractivity contribution in [3.05, 3.63) is 58.3 Å². The van der Waals surface area contributed by atoms with Crippen molar-refractivity contribution in [2.24, 2.45) is 5.92 Å². The van der Waals surface area contributed by atoms with E-state index in [9.17, 15) is 14.4 Å². The SMILES string of the molecule is O=C(c1ccccc1)C1CCN(C(=O)[C@@H]2CCCN2C(=O)c2cccs2)CC1. The van der Waals surface area contributed by atoms with E-state index in [0.717, 1.165) is 18.4 Å². The zero-order valence-electron chi connectivity index (χ0n) is 15.8. The zero-order chi connectivity index (χ0) is 19.5. The fourth-order valence-corrected chi connectivity index (χ4v) is 4.90. The van der Waals surface area contributed by atoms with Crippen LogP contribution in [0.2, 0.25) is 0 Å². The fourth-order valence-electron chi connectivity index (χ4n) is 4.22. The molecule has 3 heterocycles. The Morgan fingerprint density at radius 1 is 0.893 bits per heavy atom. The predicted molar refractivity (Wildman–Crippen MR) is 108 cm³/mol. The van der Waals surface area contributed by atoms with Crippen LogP contribution in [0.3, 0.4) is 0 Å². The number of hydrogen-bond acceptors (Lipinski definition) is 4. The number of piperidine rings is 1. The van der Waals surface area contributed by atoms with Crippen LogP contribution in [0.25, 0.3) is 0 Å². The number of rotatable bonds is 4. The number of hydrogen-bond donors (Lipinski definition) is 0. The highest BCUT2D eigenvalue weighted by Gasteiger charge is 2.38. The van der Waals surface area contributed by atoms with E-state index in [1.807, 2.05) is 52.7 Å². The summed E-state index contributed by atoms with van der Waals surface area (Å²) in [6.45, 7) is 1.80. The molecule has 1 atom stereocenters. The second-order valence-corrected chi connectivity index (χ2v) is 8.41. The molecular weight excluding hydrogens is 372 g/mol. The van der Waals surface area contributed by atoms with Crippen molar-refractivity contribution in [2.45, 2.75) is 31.7 Å². The third kappa shape index (κ3) is 3.74. The highest BCUT2D eigenvalue weighted by Crippen LogP contribution is 2.27. The topological polar surface area (TPSA) is 57.7 Å². The first-order valence-corrected chi connectivity index (χ1v) is 10.8. The predicted octanol–water partition coefficient (Wildman–Crippen LogP) is 3.47. The molecule has 0 aliphatic carbocycles. The third-order valence-corrected chi connectivity index (χ3v) is 6.62. The first kappa shape index (κ1) is 18.9. The van der Waals surface area contributed by atoms with Gasteiger partial charge in [0.1, 0.15) is 6.04 Å². The van der Waals surface area contributed by atoms with Crippen molar-refractivity contribution < 1.29 is 14.4 Å². The van der Waals surface area contributed by atoms with Gasteiger partial charge < -0.3 is 9.80 Å². The van der Waals surface area contributed by atoms with Crippen LogP contribution in [0.4, 0.5) is 0 Å². The highest BCUT2D eigenvalue weighted by molar-refractivity contribution is 7.12. The number of benzene rings is 1. The molecular formula is C22H24N2O3S. The molecule has 1 aromatic carbocycles. The Bertz CT molecular complexity index is 842. The number of likely N-dealkylation sites (tertiary alicyclic amines) is 2. The molecule has 2 aromatic rings. The minimum atomic E-state index is -0.365. The van der Waals surface area contributed by atoms with Gasteiger partial charge in [-0.3, -0.25) is 14.4 Å².